The third kappa shape index (κ3) is 6.33. The van der Waals surface area contributed by atoms with Gasteiger partial charge in [-0.05, 0) is 72.1 Å². The molecule has 3 aromatic carbocycles. The zero-order chi connectivity index (χ0) is 30.1. The van der Waals surface area contributed by atoms with Crippen LogP contribution in [-0.2, 0) is 39.4 Å². The minimum absolute atomic E-state index is 0.0468. The van der Waals surface area contributed by atoms with E-state index in [-0.39, 0.29) is 34.6 Å². The van der Waals surface area contributed by atoms with Gasteiger partial charge < -0.3 is 15.5 Å². The van der Waals surface area contributed by atoms with Crippen LogP contribution in [0.25, 0.3) is 11.0 Å². The molecule has 2 saturated heterocycles. The average molecular weight is 601 g/mol. The number of aromatic nitrogens is 3. The second-order valence-electron chi connectivity index (χ2n) is 11.8. The SMILES string of the molecule is Cn1nnc2cc(CNC(=O)C3CC(Cc4ccc(S(C)(=O)=O)cc4)CN3C(=O)C3CC(c4ccccc4)CN3)ccc21. The molecule has 2 amide bonds. The van der Waals surface area contributed by atoms with Crippen molar-refractivity contribution in [2.75, 3.05) is 19.3 Å². The van der Waals surface area contributed by atoms with Crippen LogP contribution in [0.5, 0.6) is 0 Å². The fourth-order valence-electron chi connectivity index (χ4n) is 6.38. The number of hydrogen-bond acceptors (Lipinski definition) is 7. The van der Waals surface area contributed by atoms with Crippen LogP contribution in [0.15, 0.2) is 77.7 Å². The van der Waals surface area contributed by atoms with Crippen LogP contribution < -0.4 is 10.6 Å². The maximum atomic E-state index is 13.9. The molecule has 3 heterocycles. The van der Waals surface area contributed by atoms with E-state index in [0.717, 1.165) is 22.2 Å². The first-order chi connectivity index (χ1) is 20.7. The van der Waals surface area contributed by atoms with Gasteiger partial charge in [0.25, 0.3) is 0 Å². The first kappa shape index (κ1) is 29.0. The number of aryl methyl sites for hydroxylation is 1. The summed E-state index contributed by atoms with van der Waals surface area (Å²) in [6.45, 7) is 1.50. The smallest absolute Gasteiger partial charge is 0.243 e. The van der Waals surface area contributed by atoms with Crippen LogP contribution in [0.4, 0.5) is 0 Å². The van der Waals surface area contributed by atoms with E-state index in [1.54, 1.807) is 21.7 Å². The summed E-state index contributed by atoms with van der Waals surface area (Å²) in [7, 11) is -1.45. The molecule has 0 aliphatic carbocycles. The second-order valence-corrected chi connectivity index (χ2v) is 13.8. The number of likely N-dealkylation sites (tertiary alicyclic amines) is 1. The van der Waals surface area contributed by atoms with Gasteiger partial charge in [0.2, 0.25) is 11.8 Å². The molecular weight excluding hydrogens is 564 g/mol. The molecule has 10 nitrogen and oxygen atoms in total. The van der Waals surface area contributed by atoms with Gasteiger partial charge >= 0.3 is 0 Å². The minimum Gasteiger partial charge on any atom is -0.350 e. The number of rotatable bonds is 8. The van der Waals surface area contributed by atoms with Gasteiger partial charge in [-0.25, -0.2) is 13.1 Å². The van der Waals surface area contributed by atoms with Gasteiger partial charge in [-0.1, -0.05) is 53.7 Å². The number of sulfone groups is 1. The zero-order valence-electron chi connectivity index (χ0n) is 24.3. The van der Waals surface area contributed by atoms with Crippen LogP contribution in [0.2, 0.25) is 0 Å². The monoisotopic (exact) mass is 600 g/mol. The predicted molar refractivity (Wildman–Crippen MR) is 163 cm³/mol. The molecular formula is C32H36N6O4S. The fraction of sp³-hybridized carbons (Fsp3) is 0.375. The normalized spacial score (nSPS) is 22.2. The van der Waals surface area contributed by atoms with Crippen molar-refractivity contribution in [3.05, 3.63) is 89.5 Å². The molecule has 0 saturated carbocycles. The summed E-state index contributed by atoms with van der Waals surface area (Å²) in [6, 6.07) is 21.9. The van der Waals surface area contributed by atoms with Crippen LogP contribution in [0, 0.1) is 5.92 Å². The third-order valence-corrected chi connectivity index (χ3v) is 9.82. The van der Waals surface area contributed by atoms with Crippen molar-refractivity contribution in [1.82, 2.24) is 30.5 Å². The van der Waals surface area contributed by atoms with Crippen molar-refractivity contribution in [3.8, 4) is 0 Å². The maximum Gasteiger partial charge on any atom is 0.243 e. The zero-order valence-corrected chi connectivity index (χ0v) is 25.1. The number of fused-ring (bicyclic) bond motifs is 1. The van der Waals surface area contributed by atoms with Crippen LogP contribution >= 0.6 is 0 Å². The summed E-state index contributed by atoms with van der Waals surface area (Å²) in [5, 5.41) is 14.7. The van der Waals surface area contributed by atoms with E-state index >= 15 is 0 Å². The number of carbonyl (C=O) groups is 2. The Hall–Kier alpha value is -4.09. The van der Waals surface area contributed by atoms with Crippen molar-refractivity contribution in [2.45, 2.75) is 48.7 Å². The number of nitrogens with one attached hydrogen (secondary N) is 2. The molecule has 0 bridgehead atoms. The predicted octanol–water partition coefficient (Wildman–Crippen LogP) is 2.59. The molecule has 4 atom stereocenters. The highest BCUT2D eigenvalue weighted by atomic mass is 32.2. The number of hydrogen-bond donors (Lipinski definition) is 2. The Labute approximate surface area is 251 Å². The number of benzene rings is 3. The Morgan fingerprint density at radius 2 is 1.74 bits per heavy atom. The number of nitrogens with zero attached hydrogens (tertiary/aromatic N) is 4. The molecule has 11 heteroatoms. The summed E-state index contributed by atoms with van der Waals surface area (Å²) in [5.41, 5.74) is 4.76. The van der Waals surface area contributed by atoms with E-state index in [9.17, 15) is 18.0 Å². The second kappa shape index (κ2) is 11.9. The largest absolute Gasteiger partial charge is 0.350 e. The van der Waals surface area contributed by atoms with E-state index in [0.29, 0.717) is 38.9 Å². The lowest BCUT2D eigenvalue weighted by Gasteiger charge is -2.27. The van der Waals surface area contributed by atoms with E-state index in [4.69, 9.17) is 0 Å². The molecule has 0 spiro atoms. The maximum absolute atomic E-state index is 13.9. The van der Waals surface area contributed by atoms with Crippen molar-refractivity contribution >= 4 is 32.7 Å². The Morgan fingerprint density at radius 1 is 1.00 bits per heavy atom. The topological polar surface area (TPSA) is 126 Å². The van der Waals surface area contributed by atoms with E-state index in [2.05, 4.69) is 33.1 Å². The summed E-state index contributed by atoms with van der Waals surface area (Å²) in [4.78, 5) is 29.6. The summed E-state index contributed by atoms with van der Waals surface area (Å²) >= 11 is 0. The summed E-state index contributed by atoms with van der Waals surface area (Å²) in [5.74, 6) is 0.0749. The molecule has 1 aromatic heterocycles. The molecule has 4 aromatic rings. The van der Waals surface area contributed by atoms with Gasteiger partial charge in [-0.3, -0.25) is 9.59 Å². The van der Waals surface area contributed by atoms with Crippen LogP contribution in [0.1, 0.15) is 35.4 Å². The lowest BCUT2D eigenvalue weighted by atomic mass is 9.96. The van der Waals surface area contributed by atoms with Gasteiger partial charge in [-0.15, -0.1) is 5.10 Å². The van der Waals surface area contributed by atoms with Gasteiger partial charge in [0.1, 0.15) is 11.6 Å². The number of amides is 2. The molecule has 4 unspecified atom stereocenters. The standard InChI is InChI=1S/C32H36N6O4S/c1-37-29-13-10-22(15-27(29)35-36-37)18-34-31(39)30-16-23(14-21-8-11-26(12-9-21)43(2,41)42)20-38(30)32(40)28-17-25(19-33-28)24-6-4-3-5-7-24/h3-13,15,23,25,28,30,33H,14,16-20H2,1-2H3,(H,34,39). The molecule has 2 aliphatic heterocycles. The van der Waals surface area contributed by atoms with Crippen molar-refractivity contribution in [2.24, 2.45) is 13.0 Å². The number of carbonyl (C=O) groups excluding carboxylic acids is 2. The summed E-state index contributed by atoms with van der Waals surface area (Å²) < 4.78 is 25.5. The molecule has 43 heavy (non-hydrogen) atoms. The van der Waals surface area contributed by atoms with Gasteiger partial charge in [-0.2, -0.15) is 0 Å². The fourth-order valence-corrected chi connectivity index (χ4v) is 7.01. The molecule has 6 rings (SSSR count). The lowest BCUT2D eigenvalue weighted by Crippen LogP contribution is -2.51. The Morgan fingerprint density at radius 3 is 2.49 bits per heavy atom. The van der Waals surface area contributed by atoms with Crippen molar-refractivity contribution in [1.29, 1.82) is 0 Å². The highest BCUT2D eigenvalue weighted by Crippen LogP contribution is 2.31. The molecule has 0 radical (unpaired) electrons. The molecule has 224 valence electrons. The van der Waals surface area contributed by atoms with Gasteiger partial charge in [0, 0.05) is 32.9 Å². The molecule has 2 aliphatic rings. The van der Waals surface area contributed by atoms with Gasteiger partial charge in [0.05, 0.1) is 16.5 Å². The molecule has 2 fully saturated rings. The van der Waals surface area contributed by atoms with Gasteiger partial charge in [0.15, 0.2) is 9.84 Å². The minimum atomic E-state index is -3.28. The summed E-state index contributed by atoms with van der Waals surface area (Å²) in [6.07, 6.45) is 3.05. The Kier molecular flexibility index (Phi) is 8.02. The highest BCUT2D eigenvalue weighted by Gasteiger charge is 2.43. The van der Waals surface area contributed by atoms with Crippen molar-refractivity contribution < 1.29 is 18.0 Å². The lowest BCUT2D eigenvalue weighted by molar-refractivity contribution is -0.139. The van der Waals surface area contributed by atoms with Crippen LogP contribution in [-0.4, -0.2) is 71.6 Å². The quantitative estimate of drug-likeness (QED) is 0.318. The first-order valence-electron chi connectivity index (χ1n) is 14.6. The first-order valence-corrected chi connectivity index (χ1v) is 16.5. The Bertz CT molecular complexity index is 1740. The average Bonchev–Trinajstić information content (AvgIpc) is 3.75. The van der Waals surface area contributed by atoms with Crippen molar-refractivity contribution in [3.63, 3.8) is 0 Å². The third-order valence-electron chi connectivity index (χ3n) is 8.69. The van der Waals surface area contributed by atoms with E-state index in [1.165, 1.54) is 11.8 Å². The highest BCUT2D eigenvalue weighted by molar-refractivity contribution is 7.90. The molecule has 2 N–H and O–H groups in total. The van der Waals surface area contributed by atoms with Crippen LogP contribution in [0.3, 0.4) is 0 Å². The van der Waals surface area contributed by atoms with E-state index < -0.39 is 15.9 Å². The Balaban J connectivity index is 1.17. The van der Waals surface area contributed by atoms with E-state index in [1.807, 2.05) is 55.6 Å².